The topological polar surface area (TPSA) is 47.0 Å². The van der Waals surface area contributed by atoms with Crippen molar-refractivity contribution in [2.24, 2.45) is 0 Å². The van der Waals surface area contributed by atoms with Crippen molar-refractivity contribution < 1.29 is 4.74 Å². The van der Waals surface area contributed by atoms with Gasteiger partial charge in [0.2, 0.25) is 0 Å². The number of ether oxygens (including phenoxy) is 1. The van der Waals surface area contributed by atoms with Crippen molar-refractivity contribution in [3.63, 3.8) is 0 Å². The zero-order chi connectivity index (χ0) is 13.1. The van der Waals surface area contributed by atoms with Crippen LogP contribution in [0.25, 0.3) is 0 Å². The van der Waals surface area contributed by atoms with E-state index in [4.69, 9.17) is 4.74 Å². The molecule has 0 saturated heterocycles. The van der Waals surface area contributed by atoms with Gasteiger partial charge in [-0.15, -0.1) is 11.3 Å². The van der Waals surface area contributed by atoms with Crippen LogP contribution in [0.2, 0.25) is 0 Å². The molecule has 0 saturated carbocycles. The lowest BCUT2D eigenvalue weighted by Gasteiger charge is -2.17. The minimum Gasteiger partial charge on any atom is -0.495 e. The van der Waals surface area contributed by atoms with Gasteiger partial charge in [0.1, 0.15) is 11.4 Å². The molecule has 2 aromatic rings. The average molecular weight is 263 g/mol. The molecule has 1 atom stereocenters. The number of thiazole rings is 1. The molecule has 18 heavy (non-hydrogen) atoms. The van der Waals surface area contributed by atoms with Crippen LogP contribution in [0.15, 0.2) is 18.3 Å². The normalized spacial score (nSPS) is 12.4. The predicted molar refractivity (Wildman–Crippen MR) is 73.3 cm³/mol. The van der Waals surface area contributed by atoms with Crippen LogP contribution in [-0.2, 0) is 0 Å². The maximum absolute atomic E-state index is 5.38. The van der Waals surface area contributed by atoms with Gasteiger partial charge in [-0.05, 0) is 33.0 Å². The molecule has 0 amide bonds. The molecule has 0 aliphatic heterocycles. The van der Waals surface area contributed by atoms with E-state index in [1.54, 1.807) is 24.6 Å². The van der Waals surface area contributed by atoms with Crippen LogP contribution in [0.4, 0.5) is 0 Å². The van der Waals surface area contributed by atoms with Crippen LogP contribution in [0.1, 0.15) is 27.3 Å². The molecule has 2 rings (SSSR count). The fourth-order valence-corrected chi connectivity index (χ4v) is 3.04. The number of nitrogens with one attached hydrogen (secondary N) is 1. The summed E-state index contributed by atoms with van der Waals surface area (Å²) in [6, 6.07) is 3.82. The fourth-order valence-electron chi connectivity index (χ4n) is 2.00. The Balaban J connectivity index is 2.48. The van der Waals surface area contributed by atoms with Gasteiger partial charge in [-0.1, -0.05) is 0 Å². The van der Waals surface area contributed by atoms with E-state index in [1.807, 2.05) is 33.0 Å². The van der Waals surface area contributed by atoms with Crippen LogP contribution in [0.5, 0.6) is 5.75 Å². The van der Waals surface area contributed by atoms with E-state index in [9.17, 15) is 0 Å². The molecule has 0 aliphatic rings. The van der Waals surface area contributed by atoms with Crippen molar-refractivity contribution in [1.29, 1.82) is 0 Å². The van der Waals surface area contributed by atoms with Crippen LogP contribution < -0.4 is 10.1 Å². The van der Waals surface area contributed by atoms with E-state index < -0.39 is 0 Å². The number of aryl methyl sites for hydroxylation is 2. The molecule has 0 aliphatic carbocycles. The van der Waals surface area contributed by atoms with Crippen molar-refractivity contribution in [2.75, 3.05) is 14.2 Å². The second kappa shape index (κ2) is 5.46. The minimum absolute atomic E-state index is 0.0207. The third-order valence-corrected chi connectivity index (χ3v) is 3.92. The highest BCUT2D eigenvalue weighted by atomic mass is 32.1. The molecule has 0 aromatic carbocycles. The first-order valence-electron chi connectivity index (χ1n) is 5.77. The van der Waals surface area contributed by atoms with E-state index in [1.165, 1.54) is 4.88 Å². The second-order valence-electron chi connectivity index (χ2n) is 4.00. The Kier molecular flexibility index (Phi) is 3.93. The number of rotatable bonds is 4. The predicted octanol–water partition coefficient (Wildman–Crippen LogP) is 2.47. The highest BCUT2D eigenvalue weighted by Crippen LogP contribution is 2.32. The Morgan fingerprint density at radius 2 is 2.17 bits per heavy atom. The molecule has 1 unspecified atom stereocenters. The second-order valence-corrected chi connectivity index (χ2v) is 5.23. The van der Waals surface area contributed by atoms with Crippen molar-refractivity contribution in [3.8, 4) is 5.75 Å². The van der Waals surface area contributed by atoms with E-state index in [-0.39, 0.29) is 6.04 Å². The van der Waals surface area contributed by atoms with Gasteiger partial charge >= 0.3 is 0 Å². The van der Waals surface area contributed by atoms with Gasteiger partial charge in [0, 0.05) is 6.20 Å². The number of hydrogen-bond acceptors (Lipinski definition) is 5. The van der Waals surface area contributed by atoms with Crippen LogP contribution in [0, 0.1) is 13.8 Å². The largest absolute Gasteiger partial charge is 0.495 e. The summed E-state index contributed by atoms with van der Waals surface area (Å²) >= 11 is 1.69. The van der Waals surface area contributed by atoms with Gasteiger partial charge in [0.05, 0.1) is 28.7 Å². The maximum atomic E-state index is 5.38. The van der Waals surface area contributed by atoms with E-state index in [2.05, 4.69) is 15.3 Å². The number of methoxy groups -OCH3 is 1. The van der Waals surface area contributed by atoms with Crippen LogP contribution in [0.3, 0.4) is 0 Å². The molecule has 2 aromatic heterocycles. The molecule has 0 spiro atoms. The Morgan fingerprint density at radius 3 is 2.72 bits per heavy atom. The van der Waals surface area contributed by atoms with Crippen LogP contribution in [-0.4, -0.2) is 24.1 Å². The molecular weight excluding hydrogens is 246 g/mol. The summed E-state index contributed by atoms with van der Waals surface area (Å²) in [5, 5.41) is 4.36. The number of aromatic nitrogens is 2. The Labute approximate surface area is 111 Å². The first-order valence-corrected chi connectivity index (χ1v) is 6.59. The molecule has 4 nitrogen and oxygen atoms in total. The van der Waals surface area contributed by atoms with Gasteiger partial charge in [-0.25, -0.2) is 4.98 Å². The summed E-state index contributed by atoms with van der Waals surface area (Å²) < 4.78 is 5.38. The van der Waals surface area contributed by atoms with Crippen molar-refractivity contribution >= 4 is 11.3 Å². The summed E-state index contributed by atoms with van der Waals surface area (Å²) in [7, 11) is 3.59. The zero-order valence-corrected chi connectivity index (χ0v) is 11.8. The van der Waals surface area contributed by atoms with E-state index in [0.717, 1.165) is 22.1 Å². The third kappa shape index (κ3) is 2.37. The molecule has 1 N–H and O–H groups in total. The van der Waals surface area contributed by atoms with Gasteiger partial charge in [0.25, 0.3) is 0 Å². The lowest BCUT2D eigenvalue weighted by molar-refractivity contribution is 0.402. The molecular formula is C13H17N3OS. The van der Waals surface area contributed by atoms with Crippen molar-refractivity contribution in [3.05, 3.63) is 39.6 Å². The minimum atomic E-state index is 0.0207. The van der Waals surface area contributed by atoms with Gasteiger partial charge in [0.15, 0.2) is 0 Å². The van der Waals surface area contributed by atoms with Gasteiger partial charge < -0.3 is 10.1 Å². The summed E-state index contributed by atoms with van der Waals surface area (Å²) in [6.07, 6.45) is 1.78. The molecule has 5 heteroatoms. The first-order chi connectivity index (χ1) is 8.67. The summed E-state index contributed by atoms with van der Waals surface area (Å²) in [6.45, 7) is 4.04. The van der Waals surface area contributed by atoms with Crippen molar-refractivity contribution in [2.45, 2.75) is 19.9 Å². The smallest absolute Gasteiger partial charge is 0.142 e. The number of hydrogen-bond donors (Lipinski definition) is 1. The summed E-state index contributed by atoms with van der Waals surface area (Å²) in [4.78, 5) is 10.1. The maximum Gasteiger partial charge on any atom is 0.142 e. The molecule has 0 fully saturated rings. The van der Waals surface area contributed by atoms with Gasteiger partial charge in [-0.2, -0.15) is 0 Å². The molecule has 0 bridgehead atoms. The van der Waals surface area contributed by atoms with Gasteiger partial charge in [-0.3, -0.25) is 4.98 Å². The fraction of sp³-hybridized carbons (Fsp3) is 0.385. The monoisotopic (exact) mass is 263 g/mol. The van der Waals surface area contributed by atoms with Crippen LogP contribution >= 0.6 is 11.3 Å². The Morgan fingerprint density at radius 1 is 1.39 bits per heavy atom. The summed E-state index contributed by atoms with van der Waals surface area (Å²) in [5.74, 6) is 0.794. The lowest BCUT2D eigenvalue weighted by Crippen LogP contribution is -2.19. The number of nitrogens with zero attached hydrogens (tertiary/aromatic N) is 2. The number of pyridine rings is 1. The standard InChI is InChI=1S/C13H17N3OS/c1-8-13(18-9(2)16-8)12(14-3)11-10(17-4)6-5-7-15-11/h5-7,12,14H,1-4H3. The lowest BCUT2D eigenvalue weighted by atomic mass is 10.1. The van der Waals surface area contributed by atoms with Crippen molar-refractivity contribution in [1.82, 2.24) is 15.3 Å². The SMILES string of the molecule is CNC(c1ncccc1OC)c1sc(C)nc1C. The first kappa shape index (κ1) is 13.0. The molecule has 0 radical (unpaired) electrons. The summed E-state index contributed by atoms with van der Waals surface area (Å²) in [5.41, 5.74) is 1.94. The highest BCUT2D eigenvalue weighted by molar-refractivity contribution is 7.11. The van der Waals surface area contributed by atoms with E-state index >= 15 is 0 Å². The Hall–Kier alpha value is -1.46. The quantitative estimate of drug-likeness (QED) is 0.920. The third-order valence-electron chi connectivity index (χ3n) is 2.78. The zero-order valence-electron chi connectivity index (χ0n) is 11.0. The van der Waals surface area contributed by atoms with E-state index in [0.29, 0.717) is 0 Å². The molecule has 96 valence electrons. The molecule has 2 heterocycles. The Bertz CT molecular complexity index is 539. The average Bonchev–Trinajstić information content (AvgIpc) is 2.70. The highest BCUT2D eigenvalue weighted by Gasteiger charge is 2.22.